The molecule has 0 amide bonds. The van der Waals surface area contributed by atoms with Gasteiger partial charge in [0.25, 0.3) is 6.26 Å². The monoisotopic (exact) mass is 286 g/mol. The lowest BCUT2D eigenvalue weighted by atomic mass is 9.87. The van der Waals surface area contributed by atoms with E-state index in [4.69, 9.17) is 14.7 Å². The first-order valence-corrected chi connectivity index (χ1v) is 7.47. The fourth-order valence-electron chi connectivity index (χ4n) is 3.17. The van der Waals surface area contributed by atoms with Crippen molar-refractivity contribution in [3.8, 4) is 6.26 Å². The number of rotatable bonds is 4. The summed E-state index contributed by atoms with van der Waals surface area (Å²) < 4.78 is 10.6. The maximum atomic E-state index is 8.99. The fourth-order valence-corrected chi connectivity index (χ4v) is 3.17. The van der Waals surface area contributed by atoms with Gasteiger partial charge < -0.3 is 9.47 Å². The fraction of sp³-hybridized carbons (Fsp3) is 0.529. The van der Waals surface area contributed by atoms with Gasteiger partial charge in [0.2, 0.25) is 5.90 Å². The lowest BCUT2D eigenvalue weighted by Gasteiger charge is -2.22. The highest BCUT2D eigenvalue weighted by Gasteiger charge is 2.28. The SMILES string of the molecule is CC/C(=C\C(=NC)OC)C1=C(OC#N)C2=C(CCC2)CC1. The first-order valence-electron chi connectivity index (χ1n) is 7.47. The van der Waals surface area contributed by atoms with Crippen LogP contribution in [-0.2, 0) is 9.47 Å². The van der Waals surface area contributed by atoms with E-state index in [-0.39, 0.29) is 0 Å². The molecular formula is C17H22N2O2. The van der Waals surface area contributed by atoms with Crippen LogP contribution in [0.1, 0.15) is 45.4 Å². The van der Waals surface area contributed by atoms with Crippen LogP contribution >= 0.6 is 0 Å². The van der Waals surface area contributed by atoms with Gasteiger partial charge in [-0.2, -0.15) is 0 Å². The molecular weight excluding hydrogens is 264 g/mol. The number of hydrogen-bond donors (Lipinski definition) is 0. The Kier molecular flexibility index (Phi) is 5.21. The Bertz CT molecular complexity index is 574. The average Bonchev–Trinajstić information content (AvgIpc) is 2.99. The molecule has 0 atom stereocenters. The Morgan fingerprint density at radius 3 is 2.76 bits per heavy atom. The van der Waals surface area contributed by atoms with Crippen molar-refractivity contribution in [2.75, 3.05) is 14.2 Å². The van der Waals surface area contributed by atoms with Crippen molar-refractivity contribution in [1.82, 2.24) is 0 Å². The van der Waals surface area contributed by atoms with Gasteiger partial charge in [-0.15, -0.1) is 5.26 Å². The number of hydrogen-bond acceptors (Lipinski definition) is 4. The molecule has 4 heteroatoms. The summed E-state index contributed by atoms with van der Waals surface area (Å²) in [6.07, 6.45) is 10.0. The summed E-state index contributed by atoms with van der Waals surface area (Å²) in [5, 5.41) is 8.99. The second-order valence-electron chi connectivity index (χ2n) is 5.23. The average molecular weight is 286 g/mol. The van der Waals surface area contributed by atoms with Crippen LogP contribution in [0.2, 0.25) is 0 Å². The van der Waals surface area contributed by atoms with Gasteiger partial charge in [-0.3, -0.25) is 4.99 Å². The summed E-state index contributed by atoms with van der Waals surface area (Å²) in [4.78, 5) is 4.10. The van der Waals surface area contributed by atoms with Crippen molar-refractivity contribution in [2.45, 2.75) is 45.4 Å². The molecule has 112 valence electrons. The Hall–Kier alpha value is -2.02. The van der Waals surface area contributed by atoms with E-state index in [2.05, 4.69) is 11.9 Å². The molecule has 2 rings (SSSR count). The molecule has 0 saturated carbocycles. The van der Waals surface area contributed by atoms with Crippen molar-refractivity contribution in [1.29, 1.82) is 5.26 Å². The quantitative estimate of drug-likeness (QED) is 0.445. The van der Waals surface area contributed by atoms with Crippen LogP contribution in [-0.4, -0.2) is 20.1 Å². The molecule has 0 fully saturated rings. The molecule has 0 heterocycles. The van der Waals surface area contributed by atoms with Crippen molar-refractivity contribution >= 4 is 5.90 Å². The first-order chi connectivity index (χ1) is 10.2. The number of nitrogens with zero attached hydrogens (tertiary/aromatic N) is 2. The maximum absolute atomic E-state index is 8.99. The van der Waals surface area contributed by atoms with Crippen LogP contribution in [0.25, 0.3) is 0 Å². The van der Waals surface area contributed by atoms with Crippen LogP contribution in [0.4, 0.5) is 0 Å². The summed E-state index contributed by atoms with van der Waals surface area (Å²) in [5.74, 6) is 1.39. The second-order valence-corrected chi connectivity index (χ2v) is 5.23. The molecule has 0 unspecified atom stereocenters. The molecule has 0 saturated heterocycles. The molecule has 4 nitrogen and oxygen atoms in total. The third-order valence-corrected chi connectivity index (χ3v) is 4.20. The van der Waals surface area contributed by atoms with Gasteiger partial charge in [0, 0.05) is 13.1 Å². The molecule has 0 spiro atoms. The Morgan fingerprint density at radius 2 is 2.14 bits per heavy atom. The van der Waals surface area contributed by atoms with Gasteiger partial charge in [0.15, 0.2) is 0 Å². The second kappa shape index (κ2) is 7.12. The first kappa shape index (κ1) is 15.4. The van der Waals surface area contributed by atoms with E-state index < -0.39 is 0 Å². The number of nitriles is 1. The van der Waals surface area contributed by atoms with Gasteiger partial charge >= 0.3 is 0 Å². The minimum Gasteiger partial charge on any atom is -0.481 e. The van der Waals surface area contributed by atoms with Crippen molar-refractivity contribution < 1.29 is 9.47 Å². The zero-order valence-electron chi connectivity index (χ0n) is 13.0. The van der Waals surface area contributed by atoms with Crippen LogP contribution in [0.15, 0.2) is 39.1 Å². The molecule has 0 N–H and O–H groups in total. The zero-order chi connectivity index (χ0) is 15.2. The van der Waals surface area contributed by atoms with Gasteiger partial charge in [-0.25, -0.2) is 0 Å². The van der Waals surface area contributed by atoms with Gasteiger partial charge in [-0.05, 0) is 55.2 Å². The third kappa shape index (κ3) is 3.18. The third-order valence-electron chi connectivity index (χ3n) is 4.20. The van der Waals surface area contributed by atoms with Crippen molar-refractivity contribution in [2.24, 2.45) is 4.99 Å². The minimum absolute atomic E-state index is 0.599. The Labute approximate surface area is 126 Å². The van der Waals surface area contributed by atoms with E-state index >= 15 is 0 Å². The summed E-state index contributed by atoms with van der Waals surface area (Å²) in [6.45, 7) is 2.10. The Balaban J connectivity index is 2.46. The molecule has 0 radical (unpaired) electrons. The predicted octanol–water partition coefficient (Wildman–Crippen LogP) is 4.02. The minimum atomic E-state index is 0.599. The molecule has 0 aromatic heterocycles. The number of allylic oxidation sites excluding steroid dienone is 4. The summed E-state index contributed by atoms with van der Waals surface area (Å²) >= 11 is 0. The van der Waals surface area contributed by atoms with Crippen LogP contribution in [0.5, 0.6) is 0 Å². The van der Waals surface area contributed by atoms with E-state index in [0.29, 0.717) is 5.90 Å². The summed E-state index contributed by atoms with van der Waals surface area (Å²) in [6, 6.07) is 0. The van der Waals surface area contributed by atoms with Crippen molar-refractivity contribution in [3.63, 3.8) is 0 Å². The number of aliphatic imine (C=N–C) groups is 1. The normalized spacial score (nSPS) is 19.5. The van der Waals surface area contributed by atoms with Crippen LogP contribution in [0, 0.1) is 11.5 Å². The number of methoxy groups -OCH3 is 1. The van der Waals surface area contributed by atoms with E-state index in [1.54, 1.807) is 14.2 Å². The lowest BCUT2D eigenvalue weighted by Crippen LogP contribution is -2.08. The predicted molar refractivity (Wildman–Crippen MR) is 82.6 cm³/mol. The summed E-state index contributed by atoms with van der Waals surface area (Å²) in [7, 11) is 3.33. The largest absolute Gasteiger partial charge is 0.481 e. The highest BCUT2D eigenvalue weighted by Crippen LogP contribution is 2.43. The van der Waals surface area contributed by atoms with E-state index in [0.717, 1.165) is 49.0 Å². The van der Waals surface area contributed by atoms with Crippen LogP contribution in [0.3, 0.4) is 0 Å². The van der Waals surface area contributed by atoms with E-state index in [1.807, 2.05) is 12.3 Å². The molecule has 2 aliphatic rings. The standard InChI is InChI=1S/C17H22N2O2/c1-4-12(10-16(19-2)20-3)15-9-8-13-6-5-7-14(13)17(15)21-11-18/h10H,4-9H2,1-3H3/b12-10+,19-16?. The van der Waals surface area contributed by atoms with Gasteiger partial charge in [0.05, 0.1) is 7.11 Å². The highest BCUT2D eigenvalue weighted by atomic mass is 16.5. The van der Waals surface area contributed by atoms with Gasteiger partial charge in [-0.1, -0.05) is 12.5 Å². The van der Waals surface area contributed by atoms with Gasteiger partial charge in [0.1, 0.15) is 5.76 Å². The maximum Gasteiger partial charge on any atom is 0.292 e. The number of ether oxygens (including phenoxy) is 2. The molecule has 2 aliphatic carbocycles. The van der Waals surface area contributed by atoms with Crippen LogP contribution < -0.4 is 0 Å². The smallest absolute Gasteiger partial charge is 0.292 e. The molecule has 0 aromatic rings. The van der Waals surface area contributed by atoms with E-state index in [9.17, 15) is 0 Å². The van der Waals surface area contributed by atoms with E-state index in [1.165, 1.54) is 17.6 Å². The van der Waals surface area contributed by atoms with Crippen molar-refractivity contribution in [3.05, 3.63) is 34.1 Å². The summed E-state index contributed by atoms with van der Waals surface area (Å²) in [5.41, 5.74) is 5.00. The zero-order valence-corrected chi connectivity index (χ0v) is 13.0. The lowest BCUT2D eigenvalue weighted by molar-refractivity contribution is 0.372. The molecule has 21 heavy (non-hydrogen) atoms. The Morgan fingerprint density at radius 1 is 1.33 bits per heavy atom. The molecule has 0 aliphatic heterocycles. The highest BCUT2D eigenvalue weighted by molar-refractivity contribution is 5.89. The molecule has 0 bridgehead atoms. The topological polar surface area (TPSA) is 54.6 Å². The molecule has 0 aromatic carbocycles.